The van der Waals surface area contributed by atoms with Crippen molar-refractivity contribution in [1.82, 2.24) is 10.6 Å². The SMILES string of the molecule is CC(C)(C)C1=CC(C(F)(F)C(F)(F)C(F)(F)C(F)(F)C(F)(F)C(F)(F)C(F)(F)C(F)(F)F)=C/C(=C/N[C@@H]2CCCC[C@H]2N/C=C2/C=C(C(F)(F)C(F)(F)C(F)(F)C(F)(F)C(F)(F)C(F)(F)C(F)(F)C(F)(F)F)C=C(C(C)(C)C)C2=O)C1=O.[Co]. The van der Waals surface area contributed by atoms with Crippen LogP contribution in [0.25, 0.3) is 0 Å². The van der Waals surface area contributed by atoms with Crippen LogP contribution in [0.3, 0.4) is 0 Å². The molecule has 4 nitrogen and oxygen atoms in total. The molecule has 83 heavy (non-hydrogen) atoms. The Morgan fingerprint density at radius 2 is 0.542 bits per heavy atom. The molecule has 3 rings (SSSR count). The van der Waals surface area contributed by atoms with E-state index in [0.717, 1.165) is 41.5 Å². The van der Waals surface area contributed by atoms with E-state index in [9.17, 15) is 124 Å². The third kappa shape index (κ3) is 11.2. The molecule has 0 heterocycles. The summed E-state index contributed by atoms with van der Waals surface area (Å²) in [5, 5.41) is 4.45. The summed E-state index contributed by atoms with van der Waals surface area (Å²) in [6.07, 6.45) is -18.5. The summed E-state index contributed by atoms with van der Waals surface area (Å²) in [5.41, 5.74) is -15.0. The fourth-order valence-electron chi connectivity index (χ4n) is 7.61. The number of carbonyl (C=O) groups is 2. The second-order valence-electron chi connectivity index (χ2n) is 20.5. The van der Waals surface area contributed by atoms with Gasteiger partial charge in [0.05, 0.1) is 0 Å². The average molecular weight is 1330 g/mol. The van der Waals surface area contributed by atoms with Crippen LogP contribution in [0, 0.1) is 10.8 Å². The molecule has 1 fully saturated rings. The molecule has 39 heteroatoms. The van der Waals surface area contributed by atoms with Crippen LogP contribution in [0.5, 0.6) is 0 Å². The molecule has 0 aromatic rings. The maximum Gasteiger partial charge on any atom is 0.460 e. The van der Waals surface area contributed by atoms with Crippen LogP contribution in [0.2, 0.25) is 0 Å². The number of carbonyl (C=O) groups excluding carboxylic acids is 2. The predicted octanol–water partition coefficient (Wildman–Crippen LogP) is 16.2. The minimum atomic E-state index is -8.99. The molecule has 3 aliphatic rings. The molecule has 0 aromatic heterocycles. The summed E-state index contributed by atoms with van der Waals surface area (Å²) in [6, 6.07) is -2.99. The maximum atomic E-state index is 15.7. The van der Waals surface area contributed by atoms with Crippen LogP contribution in [0.1, 0.15) is 67.2 Å². The third-order valence-electron chi connectivity index (χ3n) is 12.7. The van der Waals surface area contributed by atoms with Crippen molar-refractivity contribution >= 4 is 11.6 Å². The van der Waals surface area contributed by atoms with Crippen LogP contribution in [-0.2, 0) is 26.4 Å². The molecule has 0 amide bonds. The van der Waals surface area contributed by atoms with E-state index in [-0.39, 0.29) is 54.9 Å². The van der Waals surface area contributed by atoms with E-state index in [4.69, 9.17) is 0 Å². The Labute approximate surface area is 453 Å². The van der Waals surface area contributed by atoms with Gasteiger partial charge in [-0.25, -0.2) is 0 Å². The number of rotatable bonds is 18. The molecule has 2 atom stereocenters. The number of nitrogens with one attached hydrogen (secondary N) is 2. The van der Waals surface area contributed by atoms with Crippen molar-refractivity contribution in [2.75, 3.05) is 0 Å². The van der Waals surface area contributed by atoms with Gasteiger partial charge in [0, 0.05) is 74.7 Å². The monoisotopic (exact) mass is 1330 g/mol. The van der Waals surface area contributed by atoms with Gasteiger partial charge in [-0.1, -0.05) is 54.4 Å². The van der Waals surface area contributed by atoms with Crippen LogP contribution in [-0.4, -0.2) is 119 Å². The molecular weight excluding hydrogens is 1290 g/mol. The molecule has 481 valence electrons. The first kappa shape index (κ1) is 74.6. The van der Waals surface area contributed by atoms with Crippen molar-refractivity contribution in [1.29, 1.82) is 0 Å². The van der Waals surface area contributed by atoms with Gasteiger partial charge in [0.25, 0.3) is 0 Å². The van der Waals surface area contributed by atoms with E-state index in [2.05, 4.69) is 10.6 Å². The van der Waals surface area contributed by atoms with Gasteiger partial charge in [-0.05, 0) is 48.0 Å². The largest absolute Gasteiger partial charge is 0.460 e. The number of hydrogen-bond acceptors (Lipinski definition) is 4. The summed E-state index contributed by atoms with van der Waals surface area (Å²) >= 11 is 0. The van der Waals surface area contributed by atoms with Gasteiger partial charge in [0.2, 0.25) is 0 Å². The number of ketones is 2. The first-order valence-electron chi connectivity index (χ1n) is 22.0. The molecule has 0 unspecified atom stereocenters. The molecular formula is C44H36CoF34N2O2. The molecule has 0 spiro atoms. The molecule has 0 bridgehead atoms. The first-order valence-corrected chi connectivity index (χ1v) is 22.0. The van der Waals surface area contributed by atoms with Gasteiger partial charge in [-0.2, -0.15) is 149 Å². The normalized spacial score (nSPS) is 21.3. The van der Waals surface area contributed by atoms with Crippen molar-refractivity contribution in [3.63, 3.8) is 0 Å². The average Bonchev–Trinajstić information content (AvgIpc) is 3.28. The predicted molar refractivity (Wildman–Crippen MR) is 211 cm³/mol. The second-order valence-corrected chi connectivity index (χ2v) is 20.5. The second kappa shape index (κ2) is 21.4. The van der Waals surface area contributed by atoms with Crippen molar-refractivity contribution < 1.29 is 176 Å². The van der Waals surface area contributed by atoms with Crippen LogP contribution < -0.4 is 10.6 Å². The fraction of sp³-hybridized carbons (Fsp3) is 0.682. The van der Waals surface area contributed by atoms with Crippen molar-refractivity contribution in [3.05, 3.63) is 70.1 Å². The molecule has 0 aromatic carbocycles. The van der Waals surface area contributed by atoms with Gasteiger partial charge in [-0.15, -0.1) is 0 Å². The number of hydrogen-bond donors (Lipinski definition) is 2. The number of halogens is 34. The Kier molecular flexibility index (Phi) is 19.3. The van der Waals surface area contributed by atoms with E-state index in [1.165, 1.54) is 0 Å². The van der Waals surface area contributed by atoms with Gasteiger partial charge < -0.3 is 10.6 Å². The molecule has 1 saturated carbocycles. The van der Waals surface area contributed by atoms with Crippen LogP contribution in [0.15, 0.2) is 70.1 Å². The van der Waals surface area contributed by atoms with E-state index in [0.29, 0.717) is 0 Å². The Balaban J connectivity index is 0.0000235. The Bertz CT molecular complexity index is 2490. The Hall–Kier alpha value is -4.49. The maximum absolute atomic E-state index is 15.7. The van der Waals surface area contributed by atoms with E-state index in [1.807, 2.05) is 0 Å². The zero-order valence-electron chi connectivity index (χ0n) is 41.4. The topological polar surface area (TPSA) is 58.2 Å². The van der Waals surface area contributed by atoms with E-state index >= 15 is 35.1 Å². The van der Waals surface area contributed by atoms with E-state index < -0.39 is 187 Å². The Morgan fingerprint density at radius 1 is 0.337 bits per heavy atom. The number of Topliss-reactive ketones (excluding diaryl/α,β-unsaturated/α-hetero) is 2. The van der Waals surface area contributed by atoms with Crippen molar-refractivity contribution in [3.8, 4) is 0 Å². The molecule has 0 aliphatic heterocycles. The van der Waals surface area contributed by atoms with Gasteiger partial charge >= 0.3 is 95.3 Å². The first-order chi connectivity index (χ1) is 35.7. The van der Waals surface area contributed by atoms with Gasteiger partial charge in [-0.3, -0.25) is 9.59 Å². The third-order valence-corrected chi connectivity index (χ3v) is 12.7. The summed E-state index contributed by atoms with van der Waals surface area (Å²) < 4.78 is 482. The van der Waals surface area contributed by atoms with Crippen molar-refractivity contribution in [2.45, 2.75) is 175 Å². The quantitative estimate of drug-likeness (QED) is 0.106. The minimum Gasteiger partial charge on any atom is -0.386 e. The van der Waals surface area contributed by atoms with Crippen LogP contribution in [0.4, 0.5) is 149 Å². The zero-order valence-corrected chi connectivity index (χ0v) is 42.5. The smallest absolute Gasteiger partial charge is 0.386 e. The Morgan fingerprint density at radius 3 is 0.747 bits per heavy atom. The van der Waals surface area contributed by atoms with Crippen molar-refractivity contribution in [2.24, 2.45) is 10.8 Å². The number of alkyl halides is 34. The summed E-state index contributed by atoms with van der Waals surface area (Å²) in [4.78, 5) is 27.0. The van der Waals surface area contributed by atoms with Gasteiger partial charge in [0.15, 0.2) is 11.6 Å². The van der Waals surface area contributed by atoms with Crippen LogP contribution >= 0.6 is 0 Å². The molecule has 2 N–H and O–H groups in total. The summed E-state index contributed by atoms with van der Waals surface area (Å²) in [5.74, 6) is -122. The molecule has 0 saturated heterocycles. The zero-order chi connectivity index (χ0) is 65.3. The fourth-order valence-corrected chi connectivity index (χ4v) is 7.61. The summed E-state index contributed by atoms with van der Waals surface area (Å²) in [7, 11) is 0. The van der Waals surface area contributed by atoms with Gasteiger partial charge in [0.1, 0.15) is 0 Å². The minimum absolute atomic E-state index is 0. The molecule has 3 aliphatic carbocycles. The van der Waals surface area contributed by atoms with E-state index in [1.54, 1.807) is 0 Å². The summed E-state index contributed by atoms with van der Waals surface area (Å²) in [6.45, 7) is 5.16. The molecule has 1 radical (unpaired) electrons. The number of allylic oxidation sites excluding steroid dienone is 10. The standard InChI is InChI=1S/C44H36F34N2O2.Co/c1-27(2,3)21-13-19(29(45,46)31(49,50)33(53,54)35(57,58)37(61,62)39(65,66)41(69,70)43(73,74)75)11-17(25(21)81)15-79-23-9-7-8-10-24(23)80-16-18-12-20(14-22(26(18)82)28(4,5)6)30(47,48)32(51,52)34(55,56)36(59,60)38(63,64)40(67,68)42(71,72)44(76,77)78;/h11-16,23-24,79-80H,7-10H2,1-6H3;/b17-15-,18-16-;/t23-,24-;/m1./s1.